The summed E-state index contributed by atoms with van der Waals surface area (Å²) >= 11 is 0. The predicted octanol–water partition coefficient (Wildman–Crippen LogP) is 2.38. The maximum atomic E-state index is 9.94. The molecule has 0 radical (unpaired) electrons. The lowest BCUT2D eigenvalue weighted by molar-refractivity contribution is 0.248. The maximum absolute atomic E-state index is 9.94. The molecule has 0 fully saturated rings. The smallest absolute Gasteiger partial charge is 0.227 e. The van der Waals surface area contributed by atoms with Gasteiger partial charge in [-0.25, -0.2) is 4.68 Å². The molecule has 0 saturated carbocycles. The summed E-state index contributed by atoms with van der Waals surface area (Å²) in [5.74, 6) is 1.05. The molecule has 0 saturated heterocycles. The van der Waals surface area contributed by atoms with Crippen LogP contribution in [0.3, 0.4) is 0 Å². The van der Waals surface area contributed by atoms with Crippen LogP contribution in [0.2, 0.25) is 0 Å². The quantitative estimate of drug-likeness (QED) is 0.433. The van der Waals surface area contributed by atoms with Gasteiger partial charge in [-0.15, -0.1) is 5.10 Å². The molecule has 2 unspecified atom stereocenters. The van der Waals surface area contributed by atoms with E-state index in [2.05, 4.69) is 30.9 Å². The van der Waals surface area contributed by atoms with Gasteiger partial charge in [0.25, 0.3) is 0 Å². The SMILES string of the molecule is CC(C)C(CO)Nc1nc(NC(CO)c2ccccc2)c2nnn(C(C)C)c2n1. The van der Waals surface area contributed by atoms with Crippen molar-refractivity contribution in [1.82, 2.24) is 25.0 Å². The summed E-state index contributed by atoms with van der Waals surface area (Å²) in [5, 5.41) is 34.6. The Kier molecular flexibility index (Phi) is 6.60. The standard InChI is InChI=1S/C20H29N7O2/c1-12(2)15(10-28)22-20-23-18(17-19(24-20)27(13(3)4)26-25-17)21-16(11-29)14-8-6-5-7-9-14/h5-9,12-13,15-16,28-29H,10-11H2,1-4H3,(H2,21,22,23,24). The third kappa shape index (κ3) is 4.63. The lowest BCUT2D eigenvalue weighted by atomic mass is 10.1. The monoisotopic (exact) mass is 399 g/mol. The van der Waals surface area contributed by atoms with Crippen molar-refractivity contribution in [3.8, 4) is 0 Å². The number of benzene rings is 1. The van der Waals surface area contributed by atoms with Gasteiger partial charge in [0.05, 0.1) is 31.3 Å². The Morgan fingerprint density at radius 3 is 2.28 bits per heavy atom. The van der Waals surface area contributed by atoms with Gasteiger partial charge in [0.15, 0.2) is 17.0 Å². The molecule has 0 aliphatic heterocycles. The molecule has 4 N–H and O–H groups in total. The first-order valence-corrected chi connectivity index (χ1v) is 9.87. The van der Waals surface area contributed by atoms with Gasteiger partial charge in [-0.3, -0.25) is 0 Å². The zero-order chi connectivity index (χ0) is 21.0. The summed E-state index contributed by atoms with van der Waals surface area (Å²) < 4.78 is 1.73. The van der Waals surface area contributed by atoms with Crippen LogP contribution in [0.15, 0.2) is 30.3 Å². The van der Waals surface area contributed by atoms with E-state index in [-0.39, 0.29) is 37.3 Å². The highest BCUT2D eigenvalue weighted by atomic mass is 16.3. The third-order valence-electron chi connectivity index (χ3n) is 4.82. The van der Waals surface area contributed by atoms with Crippen molar-refractivity contribution < 1.29 is 10.2 Å². The fourth-order valence-corrected chi connectivity index (χ4v) is 3.02. The molecule has 156 valence electrons. The first kappa shape index (κ1) is 20.9. The van der Waals surface area contributed by atoms with E-state index in [9.17, 15) is 10.2 Å². The molecule has 0 aliphatic rings. The van der Waals surface area contributed by atoms with Crippen LogP contribution < -0.4 is 10.6 Å². The summed E-state index contributed by atoms with van der Waals surface area (Å²) in [5.41, 5.74) is 2.05. The minimum absolute atomic E-state index is 0.0349. The first-order chi connectivity index (χ1) is 13.9. The second-order valence-electron chi connectivity index (χ2n) is 7.66. The van der Waals surface area contributed by atoms with E-state index < -0.39 is 0 Å². The number of aliphatic hydroxyl groups is 2. The zero-order valence-corrected chi connectivity index (χ0v) is 17.2. The van der Waals surface area contributed by atoms with Crippen molar-refractivity contribution in [3.63, 3.8) is 0 Å². The summed E-state index contributed by atoms with van der Waals surface area (Å²) in [6, 6.07) is 9.18. The second-order valence-corrected chi connectivity index (χ2v) is 7.66. The van der Waals surface area contributed by atoms with E-state index in [1.807, 2.05) is 58.0 Å². The molecule has 1 aromatic carbocycles. The minimum Gasteiger partial charge on any atom is -0.394 e. The average Bonchev–Trinajstić information content (AvgIpc) is 3.15. The van der Waals surface area contributed by atoms with Crippen LogP contribution in [0.5, 0.6) is 0 Å². The third-order valence-corrected chi connectivity index (χ3v) is 4.82. The normalized spacial score (nSPS) is 13.8. The van der Waals surface area contributed by atoms with Crippen LogP contribution in [-0.4, -0.2) is 54.4 Å². The Hall–Kier alpha value is -2.78. The highest BCUT2D eigenvalue weighted by molar-refractivity contribution is 5.83. The molecule has 29 heavy (non-hydrogen) atoms. The van der Waals surface area contributed by atoms with E-state index in [0.29, 0.717) is 22.9 Å². The number of fused-ring (bicyclic) bond motifs is 1. The number of aliphatic hydroxyl groups excluding tert-OH is 2. The molecular formula is C20H29N7O2. The topological polar surface area (TPSA) is 121 Å². The number of hydrogen-bond donors (Lipinski definition) is 4. The summed E-state index contributed by atoms with van der Waals surface area (Å²) in [4.78, 5) is 9.18. The average molecular weight is 399 g/mol. The zero-order valence-electron chi connectivity index (χ0n) is 17.2. The van der Waals surface area contributed by atoms with E-state index in [0.717, 1.165) is 5.56 Å². The lowest BCUT2D eigenvalue weighted by Crippen LogP contribution is -2.30. The van der Waals surface area contributed by atoms with Crippen molar-refractivity contribution in [2.24, 2.45) is 5.92 Å². The largest absolute Gasteiger partial charge is 0.394 e. The van der Waals surface area contributed by atoms with Crippen molar-refractivity contribution in [3.05, 3.63) is 35.9 Å². The molecular weight excluding hydrogens is 370 g/mol. The fraction of sp³-hybridized carbons (Fsp3) is 0.500. The number of hydrogen-bond acceptors (Lipinski definition) is 8. The van der Waals surface area contributed by atoms with E-state index in [4.69, 9.17) is 0 Å². The molecule has 0 aliphatic carbocycles. The Bertz CT molecular complexity index is 927. The van der Waals surface area contributed by atoms with Gasteiger partial charge in [-0.1, -0.05) is 49.4 Å². The van der Waals surface area contributed by atoms with Crippen LogP contribution in [0.25, 0.3) is 11.2 Å². The van der Waals surface area contributed by atoms with Crippen LogP contribution >= 0.6 is 0 Å². The molecule has 3 aromatic rings. The van der Waals surface area contributed by atoms with Crippen LogP contribution in [0.4, 0.5) is 11.8 Å². The molecule has 2 heterocycles. The highest BCUT2D eigenvalue weighted by Gasteiger charge is 2.21. The Labute approximate surface area is 170 Å². The molecule has 2 aromatic heterocycles. The van der Waals surface area contributed by atoms with Crippen molar-refractivity contribution >= 4 is 22.9 Å². The molecule has 0 amide bonds. The van der Waals surface area contributed by atoms with Gasteiger partial charge >= 0.3 is 0 Å². The summed E-state index contributed by atoms with van der Waals surface area (Å²) in [6.07, 6.45) is 0. The number of nitrogens with zero attached hydrogens (tertiary/aromatic N) is 5. The van der Waals surface area contributed by atoms with Crippen LogP contribution in [0.1, 0.15) is 45.3 Å². The number of rotatable bonds is 9. The number of anilines is 2. The van der Waals surface area contributed by atoms with Crippen LogP contribution in [-0.2, 0) is 0 Å². The molecule has 9 heteroatoms. The number of nitrogens with one attached hydrogen (secondary N) is 2. The summed E-state index contributed by atoms with van der Waals surface area (Å²) in [6.45, 7) is 7.89. The van der Waals surface area contributed by atoms with Crippen molar-refractivity contribution in [2.45, 2.75) is 45.8 Å². The highest BCUT2D eigenvalue weighted by Crippen LogP contribution is 2.26. The van der Waals surface area contributed by atoms with Gasteiger partial charge in [0.2, 0.25) is 5.95 Å². The first-order valence-electron chi connectivity index (χ1n) is 9.87. The van der Waals surface area contributed by atoms with Crippen molar-refractivity contribution in [1.29, 1.82) is 0 Å². The predicted molar refractivity (Wildman–Crippen MR) is 113 cm³/mol. The fourth-order valence-electron chi connectivity index (χ4n) is 3.02. The van der Waals surface area contributed by atoms with E-state index in [1.54, 1.807) is 4.68 Å². The summed E-state index contributed by atoms with van der Waals surface area (Å²) in [7, 11) is 0. The van der Waals surface area contributed by atoms with Gasteiger partial charge in [0.1, 0.15) is 0 Å². The molecule has 0 bridgehead atoms. The van der Waals surface area contributed by atoms with E-state index >= 15 is 0 Å². The molecule has 3 rings (SSSR count). The Balaban J connectivity index is 2.04. The Morgan fingerprint density at radius 1 is 0.966 bits per heavy atom. The van der Waals surface area contributed by atoms with E-state index in [1.165, 1.54) is 0 Å². The van der Waals surface area contributed by atoms with Gasteiger partial charge in [-0.2, -0.15) is 9.97 Å². The molecule has 0 spiro atoms. The minimum atomic E-state index is -0.356. The molecule has 9 nitrogen and oxygen atoms in total. The Morgan fingerprint density at radius 2 is 1.69 bits per heavy atom. The lowest BCUT2D eigenvalue weighted by Gasteiger charge is -2.21. The number of aromatic nitrogens is 5. The maximum Gasteiger partial charge on any atom is 0.227 e. The van der Waals surface area contributed by atoms with Gasteiger partial charge in [0, 0.05) is 0 Å². The molecule has 2 atom stereocenters. The van der Waals surface area contributed by atoms with Gasteiger partial charge in [-0.05, 0) is 25.3 Å². The van der Waals surface area contributed by atoms with Gasteiger partial charge < -0.3 is 20.8 Å². The van der Waals surface area contributed by atoms with Crippen molar-refractivity contribution in [2.75, 3.05) is 23.8 Å². The van der Waals surface area contributed by atoms with Crippen LogP contribution in [0, 0.1) is 5.92 Å². The second kappa shape index (κ2) is 9.15.